The second-order valence-corrected chi connectivity index (χ2v) is 2.55. The van der Waals surface area contributed by atoms with E-state index in [2.05, 4.69) is 10.4 Å². The number of aryl methyl sites for hydroxylation is 1. The molecule has 0 bridgehead atoms. The summed E-state index contributed by atoms with van der Waals surface area (Å²) in [6.07, 6.45) is 5.03. The Balaban J connectivity index is 2.15. The molecule has 0 aliphatic rings. The molecular formula is C8H13N3O. The monoisotopic (exact) mass is 167 g/mol. The first-order valence-electron chi connectivity index (χ1n) is 4.01. The number of nitrogens with one attached hydrogen (secondary N) is 1. The SMILES string of the molecule is CNC(=O)CCCn1cccn1. The minimum Gasteiger partial charge on any atom is -0.359 e. The summed E-state index contributed by atoms with van der Waals surface area (Å²) in [5, 5.41) is 6.60. The van der Waals surface area contributed by atoms with Gasteiger partial charge in [0, 0.05) is 32.4 Å². The molecule has 4 heteroatoms. The zero-order valence-corrected chi connectivity index (χ0v) is 7.16. The third kappa shape index (κ3) is 2.74. The van der Waals surface area contributed by atoms with Crippen LogP contribution < -0.4 is 5.32 Å². The number of carbonyl (C=O) groups is 1. The molecule has 0 radical (unpaired) electrons. The molecule has 0 saturated carbocycles. The van der Waals surface area contributed by atoms with Crippen molar-refractivity contribution in [3.8, 4) is 0 Å². The Kier molecular flexibility index (Phi) is 3.32. The van der Waals surface area contributed by atoms with Crippen molar-refractivity contribution in [3.05, 3.63) is 18.5 Å². The van der Waals surface area contributed by atoms with Crippen molar-refractivity contribution < 1.29 is 4.79 Å². The quantitative estimate of drug-likeness (QED) is 0.706. The molecule has 0 fully saturated rings. The van der Waals surface area contributed by atoms with Gasteiger partial charge in [0.2, 0.25) is 5.91 Å². The predicted octanol–water partition coefficient (Wildman–Crippen LogP) is 0.409. The molecule has 0 saturated heterocycles. The van der Waals surface area contributed by atoms with E-state index in [-0.39, 0.29) is 5.91 Å². The van der Waals surface area contributed by atoms with Crippen molar-refractivity contribution in [1.29, 1.82) is 0 Å². The van der Waals surface area contributed by atoms with Gasteiger partial charge in [0.05, 0.1) is 0 Å². The number of amides is 1. The standard InChI is InChI=1S/C8H13N3O/c1-9-8(12)4-2-6-11-7-3-5-10-11/h3,5,7H,2,4,6H2,1H3,(H,9,12). The van der Waals surface area contributed by atoms with Crippen LogP contribution in [0.3, 0.4) is 0 Å². The minimum atomic E-state index is 0.0853. The first kappa shape index (κ1) is 8.77. The van der Waals surface area contributed by atoms with Crippen LogP contribution in [0.25, 0.3) is 0 Å². The number of nitrogens with zero attached hydrogens (tertiary/aromatic N) is 2. The molecule has 1 N–H and O–H groups in total. The van der Waals surface area contributed by atoms with E-state index in [0.29, 0.717) is 6.42 Å². The van der Waals surface area contributed by atoms with E-state index >= 15 is 0 Å². The fourth-order valence-corrected chi connectivity index (χ4v) is 0.959. The van der Waals surface area contributed by atoms with Crippen LogP contribution in [0.2, 0.25) is 0 Å². The Morgan fingerprint density at radius 1 is 1.67 bits per heavy atom. The van der Waals surface area contributed by atoms with Crippen LogP contribution in [-0.4, -0.2) is 22.7 Å². The Hall–Kier alpha value is -1.32. The highest BCUT2D eigenvalue weighted by Crippen LogP contribution is 1.93. The fourth-order valence-electron chi connectivity index (χ4n) is 0.959. The normalized spacial score (nSPS) is 9.75. The lowest BCUT2D eigenvalue weighted by Crippen LogP contribution is -2.17. The molecule has 1 heterocycles. The Labute approximate surface area is 71.6 Å². The van der Waals surface area contributed by atoms with Gasteiger partial charge < -0.3 is 5.32 Å². The van der Waals surface area contributed by atoms with Crippen LogP contribution in [0.5, 0.6) is 0 Å². The second-order valence-electron chi connectivity index (χ2n) is 2.55. The number of hydrogen-bond donors (Lipinski definition) is 1. The topological polar surface area (TPSA) is 46.9 Å². The van der Waals surface area contributed by atoms with Crippen molar-refractivity contribution in [2.45, 2.75) is 19.4 Å². The van der Waals surface area contributed by atoms with Crippen LogP contribution in [0.1, 0.15) is 12.8 Å². The van der Waals surface area contributed by atoms with E-state index in [1.807, 2.05) is 16.9 Å². The van der Waals surface area contributed by atoms with E-state index in [4.69, 9.17) is 0 Å². The summed E-state index contributed by atoms with van der Waals surface area (Å²) in [5.74, 6) is 0.0853. The number of rotatable bonds is 4. The summed E-state index contributed by atoms with van der Waals surface area (Å²) in [6.45, 7) is 0.806. The van der Waals surface area contributed by atoms with Crippen molar-refractivity contribution >= 4 is 5.91 Å². The van der Waals surface area contributed by atoms with Gasteiger partial charge in [-0.05, 0) is 12.5 Å². The molecule has 1 aromatic heterocycles. The second kappa shape index (κ2) is 4.54. The Bertz CT molecular complexity index is 230. The summed E-state index contributed by atoms with van der Waals surface area (Å²) in [7, 11) is 1.65. The lowest BCUT2D eigenvalue weighted by molar-refractivity contribution is -0.120. The van der Waals surface area contributed by atoms with Crippen molar-refractivity contribution in [2.24, 2.45) is 0 Å². The highest BCUT2D eigenvalue weighted by atomic mass is 16.1. The average Bonchev–Trinajstić information content (AvgIpc) is 2.57. The van der Waals surface area contributed by atoms with Crippen molar-refractivity contribution in [3.63, 3.8) is 0 Å². The molecule has 12 heavy (non-hydrogen) atoms. The first-order chi connectivity index (χ1) is 5.83. The summed E-state index contributed by atoms with van der Waals surface area (Å²) >= 11 is 0. The lowest BCUT2D eigenvalue weighted by Gasteiger charge is -2.00. The van der Waals surface area contributed by atoms with Gasteiger partial charge in [0.15, 0.2) is 0 Å². The summed E-state index contributed by atoms with van der Waals surface area (Å²) in [5.41, 5.74) is 0. The average molecular weight is 167 g/mol. The van der Waals surface area contributed by atoms with E-state index in [9.17, 15) is 4.79 Å². The molecule has 0 unspecified atom stereocenters. The third-order valence-electron chi connectivity index (χ3n) is 1.63. The highest BCUT2D eigenvalue weighted by Gasteiger charge is 1.97. The molecule has 1 amide bonds. The van der Waals surface area contributed by atoms with E-state index in [1.54, 1.807) is 13.2 Å². The van der Waals surface area contributed by atoms with Crippen molar-refractivity contribution in [1.82, 2.24) is 15.1 Å². The molecule has 66 valence electrons. The number of carbonyl (C=O) groups excluding carboxylic acids is 1. The van der Waals surface area contributed by atoms with Gasteiger partial charge in [-0.3, -0.25) is 9.48 Å². The molecule has 0 aliphatic heterocycles. The number of hydrogen-bond acceptors (Lipinski definition) is 2. The smallest absolute Gasteiger partial charge is 0.219 e. The predicted molar refractivity (Wildman–Crippen MR) is 45.5 cm³/mol. The van der Waals surface area contributed by atoms with Crippen LogP contribution in [0.15, 0.2) is 18.5 Å². The third-order valence-corrected chi connectivity index (χ3v) is 1.63. The maximum atomic E-state index is 10.8. The zero-order chi connectivity index (χ0) is 8.81. The molecule has 1 aromatic rings. The van der Waals surface area contributed by atoms with Gasteiger partial charge >= 0.3 is 0 Å². The summed E-state index contributed by atoms with van der Waals surface area (Å²) < 4.78 is 1.82. The van der Waals surface area contributed by atoms with Gasteiger partial charge in [-0.1, -0.05) is 0 Å². The maximum Gasteiger partial charge on any atom is 0.219 e. The molecule has 0 aromatic carbocycles. The number of aromatic nitrogens is 2. The van der Waals surface area contributed by atoms with Gasteiger partial charge in [-0.2, -0.15) is 5.10 Å². The molecule has 1 rings (SSSR count). The maximum absolute atomic E-state index is 10.8. The highest BCUT2D eigenvalue weighted by molar-refractivity contribution is 5.75. The fraction of sp³-hybridized carbons (Fsp3) is 0.500. The lowest BCUT2D eigenvalue weighted by atomic mass is 10.3. The largest absolute Gasteiger partial charge is 0.359 e. The van der Waals surface area contributed by atoms with Gasteiger partial charge in [0.25, 0.3) is 0 Å². The molecule has 4 nitrogen and oxygen atoms in total. The Morgan fingerprint density at radius 3 is 3.08 bits per heavy atom. The zero-order valence-electron chi connectivity index (χ0n) is 7.16. The van der Waals surface area contributed by atoms with Gasteiger partial charge in [-0.15, -0.1) is 0 Å². The molecule has 0 aliphatic carbocycles. The summed E-state index contributed by atoms with van der Waals surface area (Å²) in [6, 6.07) is 1.87. The van der Waals surface area contributed by atoms with E-state index < -0.39 is 0 Å². The molecular weight excluding hydrogens is 154 g/mol. The molecule has 0 spiro atoms. The van der Waals surface area contributed by atoms with Gasteiger partial charge in [0.1, 0.15) is 0 Å². The van der Waals surface area contributed by atoms with E-state index in [0.717, 1.165) is 13.0 Å². The van der Waals surface area contributed by atoms with Crippen LogP contribution in [0, 0.1) is 0 Å². The summed E-state index contributed by atoms with van der Waals surface area (Å²) in [4.78, 5) is 10.8. The van der Waals surface area contributed by atoms with Crippen LogP contribution in [-0.2, 0) is 11.3 Å². The Morgan fingerprint density at radius 2 is 2.50 bits per heavy atom. The minimum absolute atomic E-state index is 0.0853. The van der Waals surface area contributed by atoms with Crippen LogP contribution >= 0.6 is 0 Å². The molecule has 0 atom stereocenters. The van der Waals surface area contributed by atoms with Crippen molar-refractivity contribution in [2.75, 3.05) is 7.05 Å². The van der Waals surface area contributed by atoms with Crippen LogP contribution in [0.4, 0.5) is 0 Å². The van der Waals surface area contributed by atoms with Gasteiger partial charge in [-0.25, -0.2) is 0 Å². The van der Waals surface area contributed by atoms with E-state index in [1.165, 1.54) is 0 Å². The first-order valence-corrected chi connectivity index (χ1v) is 4.01.